The normalized spacial score (nSPS) is 10.4. The Labute approximate surface area is 98.7 Å². The minimum atomic E-state index is -0.276. The molecular weight excluding hydrogens is 215 g/mol. The van der Waals surface area contributed by atoms with Gasteiger partial charge in [0.05, 0.1) is 17.3 Å². The zero-order valence-electron chi connectivity index (χ0n) is 8.97. The number of aliphatic imine (C=N–C) groups is 1. The van der Waals surface area contributed by atoms with E-state index in [4.69, 9.17) is 5.26 Å². The van der Waals surface area contributed by atoms with Gasteiger partial charge in [-0.05, 0) is 42.0 Å². The van der Waals surface area contributed by atoms with Crippen molar-refractivity contribution in [2.24, 2.45) is 4.99 Å². The quantitative estimate of drug-likeness (QED) is 0.719. The Hall–Kier alpha value is -2.47. The maximum Gasteiger partial charge on any atom is 0.123 e. The van der Waals surface area contributed by atoms with Crippen molar-refractivity contribution < 1.29 is 4.39 Å². The molecule has 3 heteroatoms. The van der Waals surface area contributed by atoms with Gasteiger partial charge in [0.15, 0.2) is 0 Å². The first-order valence-electron chi connectivity index (χ1n) is 5.08. The van der Waals surface area contributed by atoms with Crippen molar-refractivity contribution in [3.8, 4) is 6.07 Å². The van der Waals surface area contributed by atoms with Crippen molar-refractivity contribution in [3.05, 3.63) is 65.5 Å². The molecule has 0 saturated heterocycles. The van der Waals surface area contributed by atoms with E-state index in [1.54, 1.807) is 30.5 Å². The molecule has 0 fully saturated rings. The van der Waals surface area contributed by atoms with Crippen LogP contribution < -0.4 is 0 Å². The molecule has 2 nitrogen and oxygen atoms in total. The van der Waals surface area contributed by atoms with Gasteiger partial charge in [-0.1, -0.05) is 12.1 Å². The van der Waals surface area contributed by atoms with Crippen molar-refractivity contribution in [2.75, 3.05) is 0 Å². The molecule has 82 valence electrons. The molecular formula is C14H9FN2. The highest BCUT2D eigenvalue weighted by Crippen LogP contribution is 2.12. The van der Waals surface area contributed by atoms with Gasteiger partial charge >= 0.3 is 0 Å². The van der Waals surface area contributed by atoms with Crippen LogP contribution in [0.4, 0.5) is 10.1 Å². The summed E-state index contributed by atoms with van der Waals surface area (Å²) in [4.78, 5) is 4.20. The number of nitriles is 1. The van der Waals surface area contributed by atoms with Gasteiger partial charge in [-0.25, -0.2) is 4.39 Å². The minimum Gasteiger partial charge on any atom is -0.256 e. The third-order valence-corrected chi connectivity index (χ3v) is 2.23. The Kier molecular flexibility index (Phi) is 3.27. The predicted octanol–water partition coefficient (Wildman–Crippen LogP) is 3.45. The van der Waals surface area contributed by atoms with E-state index < -0.39 is 0 Å². The van der Waals surface area contributed by atoms with E-state index in [0.717, 1.165) is 5.56 Å². The van der Waals surface area contributed by atoms with Crippen molar-refractivity contribution in [1.82, 2.24) is 0 Å². The maximum absolute atomic E-state index is 12.7. The fourth-order valence-electron chi connectivity index (χ4n) is 1.32. The summed E-state index contributed by atoms with van der Waals surface area (Å²) < 4.78 is 12.7. The third kappa shape index (κ3) is 2.99. The van der Waals surface area contributed by atoms with E-state index in [1.807, 2.05) is 18.2 Å². The molecule has 0 bridgehead atoms. The summed E-state index contributed by atoms with van der Waals surface area (Å²) in [5.74, 6) is -0.276. The van der Waals surface area contributed by atoms with E-state index in [2.05, 4.69) is 4.99 Å². The largest absolute Gasteiger partial charge is 0.256 e. The Bertz CT molecular complexity index is 563. The maximum atomic E-state index is 12.7. The molecule has 0 aliphatic heterocycles. The molecule has 0 aliphatic carbocycles. The van der Waals surface area contributed by atoms with E-state index >= 15 is 0 Å². The molecule has 0 N–H and O–H groups in total. The molecule has 2 aromatic carbocycles. The van der Waals surface area contributed by atoms with Gasteiger partial charge in [0, 0.05) is 6.21 Å². The molecule has 0 aliphatic rings. The van der Waals surface area contributed by atoms with Crippen LogP contribution in [0.25, 0.3) is 0 Å². The predicted molar refractivity (Wildman–Crippen MR) is 64.8 cm³/mol. The minimum absolute atomic E-state index is 0.276. The van der Waals surface area contributed by atoms with Crippen LogP contribution in [0, 0.1) is 17.1 Å². The standard InChI is InChI=1S/C14H9FN2/c15-13-5-7-14(8-6-13)17-10-12-3-1-11(9-16)2-4-12/h1-8,10H/b17-10+. The SMILES string of the molecule is N#Cc1ccc(/C=N/c2ccc(F)cc2)cc1. The first kappa shape index (κ1) is 11.0. The van der Waals surface area contributed by atoms with E-state index in [9.17, 15) is 4.39 Å². The third-order valence-electron chi connectivity index (χ3n) is 2.23. The van der Waals surface area contributed by atoms with Gasteiger partial charge in [0.1, 0.15) is 5.82 Å². The number of halogens is 1. The molecule has 2 rings (SSSR count). The van der Waals surface area contributed by atoms with Crippen LogP contribution in [0.1, 0.15) is 11.1 Å². The highest BCUT2D eigenvalue weighted by Gasteiger charge is 1.92. The van der Waals surface area contributed by atoms with Gasteiger partial charge in [-0.3, -0.25) is 4.99 Å². The monoisotopic (exact) mass is 224 g/mol. The van der Waals surface area contributed by atoms with Crippen molar-refractivity contribution >= 4 is 11.9 Å². The molecule has 17 heavy (non-hydrogen) atoms. The lowest BCUT2D eigenvalue weighted by Gasteiger charge is -1.94. The van der Waals surface area contributed by atoms with E-state index in [0.29, 0.717) is 11.3 Å². The van der Waals surface area contributed by atoms with Crippen LogP contribution in [0.2, 0.25) is 0 Å². The van der Waals surface area contributed by atoms with Crippen LogP contribution >= 0.6 is 0 Å². The Morgan fingerprint density at radius 2 is 1.65 bits per heavy atom. The number of hydrogen-bond donors (Lipinski definition) is 0. The lowest BCUT2D eigenvalue weighted by atomic mass is 10.2. The van der Waals surface area contributed by atoms with E-state index in [1.165, 1.54) is 12.1 Å². The second-order valence-electron chi connectivity index (χ2n) is 3.47. The second-order valence-corrected chi connectivity index (χ2v) is 3.47. The van der Waals surface area contributed by atoms with Crippen LogP contribution in [-0.2, 0) is 0 Å². The Balaban J connectivity index is 2.14. The van der Waals surface area contributed by atoms with Gasteiger partial charge in [-0.2, -0.15) is 5.26 Å². The number of nitrogens with zero attached hydrogens (tertiary/aromatic N) is 2. The highest BCUT2D eigenvalue weighted by atomic mass is 19.1. The van der Waals surface area contributed by atoms with Crippen LogP contribution in [0.3, 0.4) is 0 Å². The first-order valence-corrected chi connectivity index (χ1v) is 5.08. The molecule has 2 aromatic rings. The van der Waals surface area contributed by atoms with Crippen LogP contribution in [0.15, 0.2) is 53.5 Å². The molecule has 0 unspecified atom stereocenters. The molecule has 0 aromatic heterocycles. The van der Waals surface area contributed by atoms with Gasteiger partial charge in [0.2, 0.25) is 0 Å². The lowest BCUT2D eigenvalue weighted by molar-refractivity contribution is 0.628. The summed E-state index contributed by atoms with van der Waals surface area (Å²) in [6.45, 7) is 0. The Morgan fingerprint density at radius 1 is 1.00 bits per heavy atom. The summed E-state index contributed by atoms with van der Waals surface area (Å²) in [5, 5.41) is 8.64. The zero-order chi connectivity index (χ0) is 12.1. The molecule has 0 atom stereocenters. The summed E-state index contributed by atoms with van der Waals surface area (Å²) in [6.07, 6.45) is 1.67. The molecule has 0 heterocycles. The van der Waals surface area contributed by atoms with Gasteiger partial charge in [-0.15, -0.1) is 0 Å². The molecule has 0 amide bonds. The highest BCUT2D eigenvalue weighted by molar-refractivity contribution is 5.82. The van der Waals surface area contributed by atoms with Crippen molar-refractivity contribution in [1.29, 1.82) is 5.26 Å². The molecule has 0 spiro atoms. The topological polar surface area (TPSA) is 36.1 Å². The van der Waals surface area contributed by atoms with Crippen molar-refractivity contribution in [2.45, 2.75) is 0 Å². The average molecular weight is 224 g/mol. The molecule has 0 saturated carbocycles. The van der Waals surface area contributed by atoms with E-state index in [-0.39, 0.29) is 5.82 Å². The summed E-state index contributed by atoms with van der Waals surface area (Å²) in [6, 6.07) is 15.1. The van der Waals surface area contributed by atoms with Gasteiger partial charge < -0.3 is 0 Å². The number of benzene rings is 2. The average Bonchev–Trinajstić information content (AvgIpc) is 2.39. The zero-order valence-corrected chi connectivity index (χ0v) is 8.97. The number of hydrogen-bond acceptors (Lipinski definition) is 2. The summed E-state index contributed by atoms with van der Waals surface area (Å²) >= 11 is 0. The Morgan fingerprint density at radius 3 is 2.24 bits per heavy atom. The first-order chi connectivity index (χ1) is 8.28. The number of rotatable bonds is 2. The summed E-state index contributed by atoms with van der Waals surface area (Å²) in [5.41, 5.74) is 2.20. The van der Waals surface area contributed by atoms with Crippen LogP contribution in [-0.4, -0.2) is 6.21 Å². The van der Waals surface area contributed by atoms with Crippen LogP contribution in [0.5, 0.6) is 0 Å². The fourth-order valence-corrected chi connectivity index (χ4v) is 1.32. The molecule has 0 radical (unpaired) electrons. The fraction of sp³-hybridized carbons (Fsp3) is 0. The van der Waals surface area contributed by atoms with Crippen molar-refractivity contribution in [3.63, 3.8) is 0 Å². The smallest absolute Gasteiger partial charge is 0.123 e. The lowest BCUT2D eigenvalue weighted by Crippen LogP contribution is -1.81. The summed E-state index contributed by atoms with van der Waals surface area (Å²) in [7, 11) is 0. The van der Waals surface area contributed by atoms with Gasteiger partial charge in [0.25, 0.3) is 0 Å². The second kappa shape index (κ2) is 5.04.